The van der Waals surface area contributed by atoms with E-state index in [4.69, 9.17) is 0 Å². The number of nitrogens with zero attached hydrogens (tertiary/aromatic N) is 4. The number of para-hydroxylation sites is 2. The molecular formula is C24H20N4S. The summed E-state index contributed by atoms with van der Waals surface area (Å²) < 4.78 is 5.52. The molecular weight excluding hydrogens is 376 g/mol. The molecule has 0 fully saturated rings. The summed E-state index contributed by atoms with van der Waals surface area (Å²) in [5.41, 5.74) is 5.75. The van der Waals surface area contributed by atoms with Gasteiger partial charge < -0.3 is 9.13 Å². The Morgan fingerprint density at radius 3 is 2.24 bits per heavy atom. The summed E-state index contributed by atoms with van der Waals surface area (Å²) in [7, 11) is 4.13. The molecule has 0 aliphatic rings. The Hall–Kier alpha value is -3.44. The third-order valence-electron chi connectivity index (χ3n) is 5.24. The van der Waals surface area contributed by atoms with Gasteiger partial charge in [-0.25, -0.2) is 0 Å². The molecule has 0 atom stereocenters. The first kappa shape index (κ1) is 17.6. The minimum Gasteiger partial charge on any atom is -0.343 e. The molecule has 0 spiro atoms. The van der Waals surface area contributed by atoms with Crippen molar-refractivity contribution < 1.29 is 0 Å². The highest BCUT2D eigenvalue weighted by atomic mass is 32.1. The molecule has 2 heterocycles. The predicted octanol–water partition coefficient (Wildman–Crippen LogP) is 5.33. The molecule has 0 aliphatic heterocycles. The molecule has 0 saturated heterocycles. The first-order chi connectivity index (χ1) is 14.2. The van der Waals surface area contributed by atoms with Crippen molar-refractivity contribution in [3.05, 3.63) is 89.2 Å². The first-order valence-electron chi connectivity index (χ1n) is 9.48. The largest absolute Gasteiger partial charge is 0.343 e. The molecule has 142 valence electrons. The van der Waals surface area contributed by atoms with Gasteiger partial charge in [-0.3, -0.25) is 0 Å². The monoisotopic (exact) mass is 396 g/mol. The molecule has 0 amide bonds. The lowest BCUT2D eigenvalue weighted by atomic mass is 10.1. The highest BCUT2D eigenvalue weighted by Gasteiger charge is 2.14. The number of hydrogen-bond acceptors (Lipinski definition) is 3. The van der Waals surface area contributed by atoms with E-state index in [1.165, 1.54) is 26.7 Å². The van der Waals surface area contributed by atoms with Crippen molar-refractivity contribution in [3.63, 3.8) is 0 Å². The third kappa shape index (κ3) is 3.00. The second-order valence-electron chi connectivity index (χ2n) is 6.96. The van der Waals surface area contributed by atoms with Gasteiger partial charge in [-0.05, 0) is 23.8 Å². The summed E-state index contributed by atoms with van der Waals surface area (Å²) in [6, 6.07) is 27.2. The normalized spacial score (nSPS) is 12.6. The van der Waals surface area contributed by atoms with E-state index in [2.05, 4.69) is 87.0 Å². The van der Waals surface area contributed by atoms with E-state index in [9.17, 15) is 0 Å². The standard InChI is InChI=1S/C24H20N4S/c1-27-20-13-7-6-12-18(20)19(23(27)17-10-4-3-5-11-17)16-25-26-24-28(2)21-14-8-9-15-22(21)29-24/h3-16H,1-2H3. The van der Waals surface area contributed by atoms with Crippen LogP contribution >= 0.6 is 11.3 Å². The zero-order chi connectivity index (χ0) is 19.8. The predicted molar refractivity (Wildman–Crippen MR) is 122 cm³/mol. The van der Waals surface area contributed by atoms with Crippen LogP contribution in [-0.2, 0) is 14.1 Å². The van der Waals surface area contributed by atoms with Crippen LogP contribution in [-0.4, -0.2) is 15.3 Å². The number of benzene rings is 3. The topological polar surface area (TPSA) is 34.6 Å². The van der Waals surface area contributed by atoms with Crippen molar-refractivity contribution >= 4 is 38.7 Å². The molecule has 0 unspecified atom stereocenters. The van der Waals surface area contributed by atoms with Crippen LogP contribution in [0.15, 0.2) is 89.1 Å². The van der Waals surface area contributed by atoms with E-state index in [-0.39, 0.29) is 0 Å². The summed E-state index contributed by atoms with van der Waals surface area (Å²) in [6.07, 6.45) is 1.88. The molecule has 0 N–H and O–H groups in total. The van der Waals surface area contributed by atoms with E-state index < -0.39 is 0 Å². The van der Waals surface area contributed by atoms with Crippen LogP contribution in [0.5, 0.6) is 0 Å². The van der Waals surface area contributed by atoms with Crippen LogP contribution in [0.25, 0.3) is 32.4 Å². The highest BCUT2D eigenvalue weighted by Crippen LogP contribution is 2.31. The summed E-state index contributed by atoms with van der Waals surface area (Å²) in [5.74, 6) is 0. The zero-order valence-corrected chi connectivity index (χ0v) is 17.1. The number of aromatic nitrogens is 2. The zero-order valence-electron chi connectivity index (χ0n) is 16.3. The first-order valence-corrected chi connectivity index (χ1v) is 10.3. The van der Waals surface area contributed by atoms with Gasteiger partial charge in [0.2, 0.25) is 4.80 Å². The maximum atomic E-state index is 4.53. The number of fused-ring (bicyclic) bond motifs is 2. The maximum absolute atomic E-state index is 4.53. The molecule has 5 rings (SSSR count). The Bertz CT molecular complexity index is 1420. The quantitative estimate of drug-likeness (QED) is 0.292. The molecule has 0 bridgehead atoms. The molecule has 2 aromatic heterocycles. The second-order valence-corrected chi connectivity index (χ2v) is 7.97. The number of thiazole rings is 1. The lowest BCUT2D eigenvalue weighted by Gasteiger charge is -2.05. The lowest BCUT2D eigenvalue weighted by Crippen LogP contribution is -2.08. The van der Waals surface area contributed by atoms with Crippen molar-refractivity contribution in [2.75, 3.05) is 0 Å². The third-order valence-corrected chi connectivity index (χ3v) is 6.34. The van der Waals surface area contributed by atoms with Crippen molar-refractivity contribution in [2.45, 2.75) is 0 Å². The number of aryl methyl sites for hydroxylation is 2. The van der Waals surface area contributed by atoms with Crippen molar-refractivity contribution in [1.29, 1.82) is 0 Å². The fourth-order valence-electron chi connectivity index (χ4n) is 3.81. The molecule has 0 aliphatic carbocycles. The molecule has 29 heavy (non-hydrogen) atoms. The molecule has 5 heteroatoms. The maximum Gasteiger partial charge on any atom is 0.211 e. The van der Waals surface area contributed by atoms with Gasteiger partial charge in [0, 0.05) is 30.6 Å². The molecule has 3 aromatic carbocycles. The van der Waals surface area contributed by atoms with Crippen LogP contribution in [0, 0.1) is 0 Å². The van der Waals surface area contributed by atoms with Gasteiger partial charge in [0.15, 0.2) is 0 Å². The summed E-state index contributed by atoms with van der Waals surface area (Å²) in [5, 5.41) is 10.2. The van der Waals surface area contributed by atoms with Crippen molar-refractivity contribution in [3.8, 4) is 11.3 Å². The van der Waals surface area contributed by atoms with E-state index in [0.29, 0.717) is 0 Å². The van der Waals surface area contributed by atoms with Gasteiger partial charge in [-0.15, -0.1) is 5.10 Å². The van der Waals surface area contributed by atoms with E-state index in [1.807, 2.05) is 31.5 Å². The Morgan fingerprint density at radius 1 is 0.759 bits per heavy atom. The van der Waals surface area contributed by atoms with E-state index in [0.717, 1.165) is 16.1 Å². The summed E-state index contributed by atoms with van der Waals surface area (Å²) in [4.78, 5) is 0.879. The van der Waals surface area contributed by atoms with Crippen LogP contribution in [0.1, 0.15) is 5.56 Å². The molecule has 0 radical (unpaired) electrons. The Balaban J connectivity index is 1.68. The van der Waals surface area contributed by atoms with E-state index in [1.54, 1.807) is 11.3 Å². The minimum atomic E-state index is 0.879. The highest BCUT2D eigenvalue weighted by molar-refractivity contribution is 7.16. The lowest BCUT2D eigenvalue weighted by molar-refractivity contribution is 0.889. The van der Waals surface area contributed by atoms with Gasteiger partial charge >= 0.3 is 0 Å². The van der Waals surface area contributed by atoms with Crippen LogP contribution in [0.2, 0.25) is 0 Å². The molecule has 0 saturated carbocycles. The fraction of sp³-hybridized carbons (Fsp3) is 0.0833. The van der Waals surface area contributed by atoms with Gasteiger partial charge in [-0.2, -0.15) is 5.10 Å². The van der Waals surface area contributed by atoms with Crippen LogP contribution < -0.4 is 4.80 Å². The van der Waals surface area contributed by atoms with Crippen molar-refractivity contribution in [2.24, 2.45) is 24.3 Å². The Labute approximate surface area is 172 Å². The van der Waals surface area contributed by atoms with Crippen LogP contribution in [0.3, 0.4) is 0 Å². The second kappa shape index (κ2) is 7.18. The van der Waals surface area contributed by atoms with Crippen LogP contribution in [0.4, 0.5) is 0 Å². The number of rotatable bonds is 3. The Morgan fingerprint density at radius 2 is 1.45 bits per heavy atom. The average molecular weight is 397 g/mol. The Kier molecular flexibility index (Phi) is 4.37. The summed E-state index contributed by atoms with van der Waals surface area (Å²) in [6.45, 7) is 0. The SMILES string of the molecule is Cn1c(-c2ccccc2)c(C=NN=c2sc3ccccc3n2C)c2ccccc21. The molecule has 4 nitrogen and oxygen atoms in total. The van der Waals surface area contributed by atoms with Gasteiger partial charge in [0.25, 0.3) is 0 Å². The fourth-order valence-corrected chi connectivity index (χ4v) is 4.79. The smallest absolute Gasteiger partial charge is 0.211 e. The number of hydrogen-bond donors (Lipinski definition) is 0. The molecule has 5 aromatic rings. The van der Waals surface area contributed by atoms with Gasteiger partial charge in [-0.1, -0.05) is 72.0 Å². The summed E-state index contributed by atoms with van der Waals surface area (Å²) >= 11 is 1.65. The minimum absolute atomic E-state index is 0.879. The van der Waals surface area contributed by atoms with Crippen molar-refractivity contribution in [1.82, 2.24) is 9.13 Å². The van der Waals surface area contributed by atoms with E-state index >= 15 is 0 Å². The van der Waals surface area contributed by atoms with Gasteiger partial charge in [0.05, 0.1) is 22.1 Å². The van der Waals surface area contributed by atoms with Gasteiger partial charge in [0.1, 0.15) is 0 Å². The average Bonchev–Trinajstić information content (AvgIpc) is 3.24.